The lowest BCUT2D eigenvalue weighted by Crippen LogP contribution is -2.31. The van der Waals surface area contributed by atoms with Crippen LogP contribution in [0.1, 0.15) is 151 Å². The zero-order valence-electron chi connectivity index (χ0n) is 47.2. The molecule has 80 heavy (non-hydrogen) atoms. The lowest BCUT2D eigenvalue weighted by atomic mass is 9.80. The number of halogens is 1. The predicted molar refractivity (Wildman–Crippen MR) is 302 cm³/mol. The second-order valence-corrected chi connectivity index (χ2v) is 24.8. The van der Waals surface area contributed by atoms with Gasteiger partial charge in [-0.25, -0.2) is 0 Å². The maximum Gasteiger partial charge on any atom is 0.314 e. The summed E-state index contributed by atoms with van der Waals surface area (Å²) in [5.41, 5.74) is 1.88. The SMILES string of the molecule is COCCOC(=O)C1CCC(C(=O)Oc2cc(C(C)(C)C)c(OC(=O)C3CCC(C(=O)OCCc4ccc(OC(=O)C5CCC(C(=O)Oc6ccc(OC)cc6/C=C/C(=O)c6ccc(Cl)s6)CC5)cc4)CC3)cc2C(C)(C)C)CC1. The summed E-state index contributed by atoms with van der Waals surface area (Å²) in [5.74, 6) is -2.44. The van der Waals surface area contributed by atoms with Crippen LogP contribution in [0.15, 0.2) is 72.8 Å². The van der Waals surface area contributed by atoms with Gasteiger partial charge in [0.15, 0.2) is 5.78 Å². The van der Waals surface area contributed by atoms with Crippen molar-refractivity contribution in [1.29, 1.82) is 0 Å². The molecule has 4 aromatic rings. The van der Waals surface area contributed by atoms with E-state index in [4.69, 9.17) is 49.5 Å². The molecule has 0 saturated heterocycles. The molecule has 1 aromatic heterocycles. The van der Waals surface area contributed by atoms with E-state index in [1.807, 2.05) is 65.8 Å². The number of hydrogen-bond donors (Lipinski definition) is 0. The molecule has 430 valence electrons. The maximum absolute atomic E-state index is 13.8. The summed E-state index contributed by atoms with van der Waals surface area (Å²) < 4.78 is 45.8. The third kappa shape index (κ3) is 16.9. The Hall–Kier alpha value is -6.36. The fourth-order valence-corrected chi connectivity index (χ4v) is 11.4. The highest BCUT2D eigenvalue weighted by molar-refractivity contribution is 7.18. The highest BCUT2D eigenvalue weighted by atomic mass is 35.5. The number of thiophene rings is 1. The van der Waals surface area contributed by atoms with E-state index in [1.54, 1.807) is 55.7 Å². The van der Waals surface area contributed by atoms with Gasteiger partial charge in [-0.3, -0.25) is 33.6 Å². The number of carbonyl (C=O) groups excluding carboxylic acids is 7. The third-order valence-corrected chi connectivity index (χ3v) is 16.5. The van der Waals surface area contributed by atoms with Crippen molar-refractivity contribution < 1.29 is 71.5 Å². The molecule has 0 bridgehead atoms. The van der Waals surface area contributed by atoms with Gasteiger partial charge < -0.3 is 37.9 Å². The van der Waals surface area contributed by atoms with E-state index in [9.17, 15) is 33.6 Å². The molecule has 0 N–H and O–H groups in total. The summed E-state index contributed by atoms with van der Waals surface area (Å²) in [6.45, 7) is 12.8. The van der Waals surface area contributed by atoms with Crippen LogP contribution in [0.25, 0.3) is 6.08 Å². The first kappa shape index (κ1) is 61.3. The molecule has 0 atom stereocenters. The lowest BCUT2D eigenvalue weighted by molar-refractivity contribution is -0.153. The van der Waals surface area contributed by atoms with Crippen molar-refractivity contribution in [3.8, 4) is 28.7 Å². The molecular weight excluding hydrogens is 1060 g/mol. The van der Waals surface area contributed by atoms with E-state index in [0.29, 0.717) is 128 Å². The van der Waals surface area contributed by atoms with Gasteiger partial charge in [0.2, 0.25) is 0 Å². The van der Waals surface area contributed by atoms with Gasteiger partial charge >= 0.3 is 35.8 Å². The number of rotatable bonds is 20. The van der Waals surface area contributed by atoms with Crippen molar-refractivity contribution >= 4 is 70.6 Å². The van der Waals surface area contributed by atoms with Crippen LogP contribution in [-0.2, 0) is 60.2 Å². The van der Waals surface area contributed by atoms with Gasteiger partial charge in [0, 0.05) is 30.2 Å². The van der Waals surface area contributed by atoms with Crippen LogP contribution in [0.2, 0.25) is 4.34 Å². The number of allylic oxidation sites excluding steroid dienone is 1. The van der Waals surface area contributed by atoms with E-state index in [1.165, 1.54) is 24.5 Å². The Morgan fingerprint density at radius 1 is 0.500 bits per heavy atom. The summed E-state index contributed by atoms with van der Waals surface area (Å²) in [5, 5.41) is 0. The average molecular weight is 1140 g/mol. The molecule has 0 amide bonds. The van der Waals surface area contributed by atoms with Gasteiger partial charge in [-0.05, 0) is 160 Å². The zero-order chi connectivity index (χ0) is 57.7. The normalized spacial score (nSPS) is 20.5. The van der Waals surface area contributed by atoms with Gasteiger partial charge in [0.05, 0.1) is 65.0 Å². The number of hydrogen-bond acceptors (Lipinski definition) is 16. The molecule has 0 spiro atoms. The first-order valence-corrected chi connectivity index (χ1v) is 28.9. The Morgan fingerprint density at radius 2 is 0.925 bits per heavy atom. The van der Waals surface area contributed by atoms with Gasteiger partial charge in [-0.15, -0.1) is 11.3 Å². The van der Waals surface area contributed by atoms with Crippen LogP contribution in [0.3, 0.4) is 0 Å². The van der Waals surface area contributed by atoms with Crippen LogP contribution in [-0.4, -0.2) is 75.6 Å². The quantitative estimate of drug-likeness (QED) is 0.0266. The number of benzene rings is 3. The Morgan fingerprint density at radius 3 is 1.35 bits per heavy atom. The molecule has 0 radical (unpaired) electrons. The number of carbonyl (C=O) groups is 7. The minimum atomic E-state index is -0.480. The van der Waals surface area contributed by atoms with Crippen LogP contribution in [0, 0.1) is 35.5 Å². The summed E-state index contributed by atoms with van der Waals surface area (Å²) in [7, 11) is 3.07. The summed E-state index contributed by atoms with van der Waals surface area (Å²) in [6, 6.07) is 19.0. The highest BCUT2D eigenvalue weighted by Gasteiger charge is 2.37. The first-order chi connectivity index (χ1) is 38.1. The minimum Gasteiger partial charge on any atom is -0.497 e. The molecule has 3 aliphatic rings. The number of esters is 6. The molecule has 15 nitrogen and oxygen atoms in total. The number of ether oxygens (including phenoxy) is 8. The standard InChI is InChI=1S/C63H75ClO15S/c1-62(2,3)48-37-53(79-61(71)44-17-13-40(14-18-44)57(67)75-34-33-72-7)49(63(4,5)6)36-52(48)78-60(70)43-15-11-39(12-16-43)56(66)74-32-31-38-9-24-46(25-10-38)76-58(68)41-19-21-42(22-20-41)59(69)77-51-28-26-47(73-8)35-45(51)23-27-50(65)54-29-30-55(64)80-54/h9-10,23-30,35-37,39-44H,11-22,31-34H2,1-8H3/b27-23+. The van der Waals surface area contributed by atoms with Gasteiger partial charge in [-0.1, -0.05) is 65.3 Å². The highest BCUT2D eigenvalue weighted by Crippen LogP contribution is 2.44. The number of ketones is 1. The Kier molecular flexibility index (Phi) is 21.3. The fraction of sp³-hybridized carbons (Fsp3) is 0.508. The Balaban J connectivity index is 0.830. The fourth-order valence-electron chi connectivity index (χ4n) is 10.4. The van der Waals surface area contributed by atoms with Crippen LogP contribution >= 0.6 is 22.9 Å². The van der Waals surface area contributed by atoms with Crippen molar-refractivity contribution in [3.63, 3.8) is 0 Å². The molecule has 0 unspecified atom stereocenters. The maximum atomic E-state index is 13.8. The van der Waals surface area contributed by atoms with E-state index < -0.39 is 28.6 Å². The van der Waals surface area contributed by atoms with Gasteiger partial charge in [0.25, 0.3) is 0 Å². The van der Waals surface area contributed by atoms with Crippen LogP contribution in [0.4, 0.5) is 0 Å². The summed E-state index contributed by atoms with van der Waals surface area (Å²) >= 11 is 7.17. The molecule has 3 aromatic carbocycles. The summed E-state index contributed by atoms with van der Waals surface area (Å²) in [4.78, 5) is 92.9. The Bertz CT molecular complexity index is 2870. The van der Waals surface area contributed by atoms with Crippen molar-refractivity contribution in [2.24, 2.45) is 35.5 Å². The largest absolute Gasteiger partial charge is 0.497 e. The molecular formula is C63H75ClO15S. The van der Waals surface area contributed by atoms with E-state index >= 15 is 0 Å². The molecule has 0 aliphatic heterocycles. The Labute approximate surface area is 478 Å². The molecule has 1 heterocycles. The van der Waals surface area contributed by atoms with Crippen molar-refractivity contribution in [2.75, 3.05) is 34.0 Å². The summed E-state index contributed by atoms with van der Waals surface area (Å²) in [6.07, 6.45) is 9.23. The van der Waals surface area contributed by atoms with E-state index in [-0.39, 0.29) is 78.3 Å². The molecule has 17 heteroatoms. The topological polar surface area (TPSA) is 193 Å². The molecule has 3 fully saturated rings. The first-order valence-electron chi connectivity index (χ1n) is 27.7. The second-order valence-electron chi connectivity index (χ2n) is 23.1. The van der Waals surface area contributed by atoms with E-state index in [2.05, 4.69) is 0 Å². The van der Waals surface area contributed by atoms with Crippen LogP contribution < -0.4 is 23.7 Å². The van der Waals surface area contributed by atoms with Gasteiger partial charge in [-0.2, -0.15) is 0 Å². The number of methoxy groups -OCH3 is 2. The van der Waals surface area contributed by atoms with Crippen LogP contribution in [0.5, 0.6) is 28.7 Å². The van der Waals surface area contributed by atoms with Gasteiger partial charge in [0.1, 0.15) is 35.4 Å². The molecule has 7 rings (SSSR count). The smallest absolute Gasteiger partial charge is 0.314 e. The van der Waals surface area contributed by atoms with Crippen molar-refractivity contribution in [2.45, 2.75) is 136 Å². The monoisotopic (exact) mass is 1140 g/mol. The minimum absolute atomic E-state index is 0.164. The molecule has 3 aliphatic carbocycles. The predicted octanol–water partition coefficient (Wildman–Crippen LogP) is 12.6. The lowest BCUT2D eigenvalue weighted by Gasteiger charge is -2.31. The van der Waals surface area contributed by atoms with E-state index in [0.717, 1.165) is 16.7 Å². The third-order valence-electron chi connectivity index (χ3n) is 15.3. The van der Waals surface area contributed by atoms with Crippen molar-refractivity contribution in [1.82, 2.24) is 0 Å². The second kappa shape index (κ2) is 27.9. The van der Waals surface area contributed by atoms with Crippen molar-refractivity contribution in [3.05, 3.63) is 104 Å². The zero-order valence-corrected chi connectivity index (χ0v) is 48.8. The molecule has 3 saturated carbocycles. The average Bonchev–Trinajstić information content (AvgIpc) is 3.96.